The quantitative estimate of drug-likeness (QED) is 0.795. The molecular weight excluding hydrogens is 218 g/mol. The first-order chi connectivity index (χ1) is 7.76. The third-order valence-electron chi connectivity index (χ3n) is 2.99. The van der Waals surface area contributed by atoms with Crippen LogP contribution in [0.4, 0.5) is 4.79 Å². The van der Waals surface area contributed by atoms with Crippen molar-refractivity contribution < 1.29 is 9.53 Å². The van der Waals surface area contributed by atoms with E-state index in [0.717, 1.165) is 0 Å². The zero-order chi connectivity index (χ0) is 13.2. The zero-order valence-corrected chi connectivity index (χ0v) is 11.4. The van der Waals surface area contributed by atoms with Gasteiger partial charge in [0, 0.05) is 20.1 Å². The molecule has 1 aliphatic rings. The summed E-state index contributed by atoms with van der Waals surface area (Å²) in [5.74, 6) is 0.800. The average Bonchev–Trinajstić information content (AvgIpc) is 2.44. The van der Waals surface area contributed by atoms with Crippen molar-refractivity contribution in [2.45, 2.75) is 45.8 Å². The molecule has 0 aliphatic carbocycles. The summed E-state index contributed by atoms with van der Waals surface area (Å²) in [7, 11) is 1.66. The fourth-order valence-electron chi connectivity index (χ4n) is 1.90. The lowest BCUT2D eigenvalue weighted by molar-refractivity contribution is 0.00471. The number of ether oxygens (including phenoxy) is 1. The van der Waals surface area contributed by atoms with Crippen molar-refractivity contribution in [1.29, 1.82) is 0 Å². The summed E-state index contributed by atoms with van der Waals surface area (Å²) in [5, 5.41) is 0. The Bertz CT molecular complexity index is 324. The number of amidine groups is 1. The van der Waals surface area contributed by atoms with Gasteiger partial charge in [0.25, 0.3) is 0 Å². The van der Waals surface area contributed by atoms with E-state index in [2.05, 4.69) is 18.8 Å². The summed E-state index contributed by atoms with van der Waals surface area (Å²) >= 11 is 0. The second-order valence-corrected chi connectivity index (χ2v) is 5.55. The van der Waals surface area contributed by atoms with Gasteiger partial charge in [-0.3, -0.25) is 0 Å². The fourth-order valence-corrected chi connectivity index (χ4v) is 1.90. The number of nitrogens with two attached hydrogens (primary N) is 1. The van der Waals surface area contributed by atoms with Crippen LogP contribution in [0, 0.1) is 5.92 Å². The highest BCUT2D eigenvalue weighted by Crippen LogP contribution is 2.24. The van der Waals surface area contributed by atoms with Gasteiger partial charge in [-0.2, -0.15) is 4.99 Å². The Kier molecular flexibility index (Phi) is 4.14. The monoisotopic (exact) mass is 241 g/mol. The van der Waals surface area contributed by atoms with Crippen LogP contribution in [-0.4, -0.2) is 42.1 Å². The van der Waals surface area contributed by atoms with E-state index < -0.39 is 0 Å². The largest absolute Gasteiger partial charge is 0.385 e. The Morgan fingerprint density at radius 2 is 2.12 bits per heavy atom. The SMILES string of the molecule is COC(C)(C)CC1C(N)=NC(=O)N1CC(C)C. The molecule has 0 fully saturated rings. The van der Waals surface area contributed by atoms with Crippen molar-refractivity contribution in [2.24, 2.45) is 16.6 Å². The molecule has 1 rings (SSSR count). The average molecular weight is 241 g/mol. The molecule has 98 valence electrons. The van der Waals surface area contributed by atoms with Crippen molar-refractivity contribution >= 4 is 11.9 Å². The molecule has 0 radical (unpaired) electrons. The summed E-state index contributed by atoms with van der Waals surface area (Å²) in [4.78, 5) is 17.3. The smallest absolute Gasteiger partial charge is 0.345 e. The van der Waals surface area contributed by atoms with E-state index in [1.807, 2.05) is 13.8 Å². The summed E-state index contributed by atoms with van der Waals surface area (Å²) < 4.78 is 5.39. The second kappa shape index (κ2) is 5.04. The van der Waals surface area contributed by atoms with Crippen LogP contribution in [0.5, 0.6) is 0 Å². The minimum Gasteiger partial charge on any atom is -0.385 e. The Labute approximate surface area is 103 Å². The molecule has 0 spiro atoms. The molecule has 1 unspecified atom stereocenters. The fraction of sp³-hybridized carbons (Fsp3) is 0.833. The number of nitrogens with zero attached hydrogens (tertiary/aromatic N) is 2. The molecule has 0 aromatic heterocycles. The minimum atomic E-state index is -0.315. The normalized spacial score (nSPS) is 21.3. The summed E-state index contributed by atoms with van der Waals surface area (Å²) in [6.45, 7) is 8.78. The molecule has 0 aromatic rings. The highest BCUT2D eigenvalue weighted by Gasteiger charge is 2.37. The number of hydrogen-bond acceptors (Lipinski definition) is 3. The van der Waals surface area contributed by atoms with E-state index >= 15 is 0 Å². The molecule has 1 atom stereocenters. The molecule has 0 saturated heterocycles. The highest BCUT2D eigenvalue weighted by molar-refractivity contribution is 6.02. The lowest BCUT2D eigenvalue weighted by atomic mass is 9.97. The maximum Gasteiger partial charge on any atom is 0.345 e. The van der Waals surface area contributed by atoms with Gasteiger partial charge in [-0.05, 0) is 19.8 Å². The van der Waals surface area contributed by atoms with E-state index in [-0.39, 0.29) is 17.7 Å². The van der Waals surface area contributed by atoms with Crippen LogP contribution in [0.3, 0.4) is 0 Å². The van der Waals surface area contributed by atoms with E-state index in [0.29, 0.717) is 24.7 Å². The molecule has 0 aromatic carbocycles. The molecule has 1 heterocycles. The Hall–Kier alpha value is -1.10. The van der Waals surface area contributed by atoms with Crippen molar-refractivity contribution in [3.05, 3.63) is 0 Å². The number of aliphatic imine (C=N–C) groups is 1. The van der Waals surface area contributed by atoms with Gasteiger partial charge in [0.15, 0.2) is 0 Å². The number of hydrogen-bond donors (Lipinski definition) is 1. The van der Waals surface area contributed by atoms with Gasteiger partial charge in [-0.1, -0.05) is 13.8 Å². The molecule has 5 heteroatoms. The predicted molar refractivity (Wildman–Crippen MR) is 68.1 cm³/mol. The minimum absolute atomic E-state index is 0.139. The van der Waals surface area contributed by atoms with Gasteiger partial charge in [0.1, 0.15) is 5.84 Å². The lowest BCUT2D eigenvalue weighted by Gasteiger charge is -2.32. The summed E-state index contributed by atoms with van der Waals surface area (Å²) in [5.41, 5.74) is 5.51. The molecule has 0 bridgehead atoms. The highest BCUT2D eigenvalue weighted by atomic mass is 16.5. The summed E-state index contributed by atoms with van der Waals surface area (Å²) in [6, 6.07) is -0.368. The van der Waals surface area contributed by atoms with E-state index in [1.165, 1.54) is 0 Å². The van der Waals surface area contributed by atoms with Gasteiger partial charge < -0.3 is 15.4 Å². The van der Waals surface area contributed by atoms with E-state index in [4.69, 9.17) is 10.5 Å². The first-order valence-corrected chi connectivity index (χ1v) is 5.96. The third-order valence-corrected chi connectivity index (χ3v) is 2.99. The number of methoxy groups -OCH3 is 1. The van der Waals surface area contributed by atoms with E-state index in [9.17, 15) is 4.79 Å². The standard InChI is InChI=1S/C12H23N3O2/c1-8(2)7-15-9(6-12(3,4)17-5)10(13)14-11(15)16/h8-9H,6-7H2,1-5H3,(H2,13,14,16). The van der Waals surface area contributed by atoms with E-state index in [1.54, 1.807) is 12.0 Å². The first kappa shape index (κ1) is 14.0. The van der Waals surface area contributed by atoms with Crippen molar-refractivity contribution in [1.82, 2.24) is 4.90 Å². The van der Waals surface area contributed by atoms with Crippen LogP contribution >= 0.6 is 0 Å². The number of rotatable bonds is 5. The van der Waals surface area contributed by atoms with Gasteiger partial charge in [0.05, 0.1) is 11.6 Å². The molecule has 0 saturated carbocycles. The van der Waals surface area contributed by atoms with Crippen LogP contribution in [0.15, 0.2) is 4.99 Å². The second-order valence-electron chi connectivity index (χ2n) is 5.55. The van der Waals surface area contributed by atoms with Gasteiger partial charge >= 0.3 is 6.03 Å². The van der Waals surface area contributed by atoms with Crippen LogP contribution in [-0.2, 0) is 4.74 Å². The number of urea groups is 1. The van der Waals surface area contributed by atoms with Crippen LogP contribution in [0.1, 0.15) is 34.1 Å². The third kappa shape index (κ3) is 3.43. The Balaban J connectivity index is 2.79. The van der Waals surface area contributed by atoms with Gasteiger partial charge in [0.2, 0.25) is 0 Å². The maximum atomic E-state index is 11.7. The summed E-state index contributed by atoms with van der Waals surface area (Å²) in [6.07, 6.45) is 0.664. The van der Waals surface area contributed by atoms with Gasteiger partial charge in [-0.15, -0.1) is 0 Å². The Morgan fingerprint density at radius 1 is 1.53 bits per heavy atom. The van der Waals surface area contributed by atoms with Crippen molar-refractivity contribution in [2.75, 3.05) is 13.7 Å². The van der Waals surface area contributed by atoms with Crippen molar-refractivity contribution in [3.63, 3.8) is 0 Å². The number of amides is 2. The molecule has 2 amide bonds. The zero-order valence-electron chi connectivity index (χ0n) is 11.4. The molecule has 5 nitrogen and oxygen atoms in total. The number of carbonyl (C=O) groups excluding carboxylic acids is 1. The predicted octanol–water partition coefficient (Wildman–Crippen LogP) is 1.62. The number of carbonyl (C=O) groups is 1. The maximum absolute atomic E-state index is 11.7. The molecule has 2 N–H and O–H groups in total. The Morgan fingerprint density at radius 3 is 2.59 bits per heavy atom. The lowest BCUT2D eigenvalue weighted by Crippen LogP contribution is -2.46. The topological polar surface area (TPSA) is 67.9 Å². The van der Waals surface area contributed by atoms with Crippen molar-refractivity contribution in [3.8, 4) is 0 Å². The molecular formula is C12H23N3O2. The van der Waals surface area contributed by atoms with Crippen LogP contribution in [0.2, 0.25) is 0 Å². The van der Waals surface area contributed by atoms with Gasteiger partial charge in [-0.25, -0.2) is 4.79 Å². The van der Waals surface area contributed by atoms with Crippen LogP contribution in [0.25, 0.3) is 0 Å². The van der Waals surface area contributed by atoms with Crippen LogP contribution < -0.4 is 5.73 Å². The molecule has 17 heavy (non-hydrogen) atoms. The first-order valence-electron chi connectivity index (χ1n) is 5.96. The molecule has 1 aliphatic heterocycles.